The Labute approximate surface area is 180 Å². The van der Waals surface area contributed by atoms with Crippen molar-refractivity contribution >= 4 is 28.3 Å². The van der Waals surface area contributed by atoms with Gasteiger partial charge in [-0.1, -0.05) is 30.7 Å². The van der Waals surface area contributed by atoms with Gasteiger partial charge in [0, 0.05) is 24.2 Å². The number of allylic oxidation sites excluding steroid dienone is 2. The van der Waals surface area contributed by atoms with Crippen molar-refractivity contribution in [3.63, 3.8) is 0 Å². The second-order valence-electron chi connectivity index (χ2n) is 6.58. The quantitative estimate of drug-likeness (QED) is 0.628. The van der Waals surface area contributed by atoms with E-state index in [1.807, 2.05) is 26.1 Å². The second kappa shape index (κ2) is 10.9. The van der Waals surface area contributed by atoms with Crippen LogP contribution in [0.25, 0.3) is 11.3 Å². The number of thiazole rings is 1. The molecular weight excluding hydrogens is 398 g/mol. The minimum Gasteiger partial charge on any atom is -0.347 e. The van der Waals surface area contributed by atoms with E-state index in [0.29, 0.717) is 22.1 Å². The second-order valence-corrected chi connectivity index (χ2v) is 7.43. The topological polar surface area (TPSA) is 98.1 Å². The number of nitriles is 1. The van der Waals surface area contributed by atoms with Crippen molar-refractivity contribution in [1.29, 1.82) is 5.26 Å². The maximum Gasteiger partial charge on any atom is 0.267 e. The molecule has 0 atom stereocenters. The Morgan fingerprint density at radius 3 is 2.80 bits per heavy atom. The van der Waals surface area contributed by atoms with Crippen molar-refractivity contribution in [3.8, 4) is 17.3 Å². The maximum atomic E-state index is 12.4. The predicted molar refractivity (Wildman–Crippen MR) is 119 cm³/mol. The number of anilines is 1. The molecule has 0 aliphatic rings. The highest BCUT2D eigenvalue weighted by molar-refractivity contribution is 7.14. The van der Waals surface area contributed by atoms with Crippen LogP contribution in [0.2, 0.25) is 0 Å². The van der Waals surface area contributed by atoms with Gasteiger partial charge in [0.25, 0.3) is 5.91 Å². The molecule has 2 amide bonds. The lowest BCUT2D eigenvalue weighted by atomic mass is 10.1. The highest BCUT2D eigenvalue weighted by Gasteiger charge is 2.14. The highest BCUT2D eigenvalue weighted by Crippen LogP contribution is 2.25. The van der Waals surface area contributed by atoms with Gasteiger partial charge in [-0.05, 0) is 32.4 Å². The van der Waals surface area contributed by atoms with Crippen LogP contribution < -0.4 is 10.6 Å². The summed E-state index contributed by atoms with van der Waals surface area (Å²) in [7, 11) is 1.80. The smallest absolute Gasteiger partial charge is 0.267 e. The average molecular weight is 424 g/mol. The number of carbonyl (C=O) groups is 2. The molecule has 7 nitrogen and oxygen atoms in total. The van der Waals surface area contributed by atoms with E-state index in [1.54, 1.807) is 48.5 Å². The molecule has 0 aliphatic carbocycles. The third-order valence-electron chi connectivity index (χ3n) is 4.31. The maximum absolute atomic E-state index is 12.4. The Morgan fingerprint density at radius 2 is 2.13 bits per heavy atom. The van der Waals surface area contributed by atoms with E-state index < -0.39 is 0 Å². The van der Waals surface area contributed by atoms with Gasteiger partial charge in [0.15, 0.2) is 5.13 Å². The van der Waals surface area contributed by atoms with Crippen molar-refractivity contribution in [2.24, 2.45) is 0 Å². The van der Waals surface area contributed by atoms with Gasteiger partial charge in [-0.3, -0.25) is 9.59 Å². The van der Waals surface area contributed by atoms with Crippen LogP contribution in [0, 0.1) is 11.3 Å². The minimum atomic E-state index is -0.367. The van der Waals surface area contributed by atoms with Crippen molar-refractivity contribution in [2.45, 2.75) is 27.2 Å². The summed E-state index contributed by atoms with van der Waals surface area (Å²) in [5.41, 5.74) is 3.62. The van der Waals surface area contributed by atoms with Crippen LogP contribution in [0.3, 0.4) is 0 Å². The minimum absolute atomic E-state index is 0.167. The summed E-state index contributed by atoms with van der Waals surface area (Å²) in [6.45, 7) is 5.65. The summed E-state index contributed by atoms with van der Waals surface area (Å²) < 4.78 is 0. The fraction of sp³-hybridized carbons (Fsp3) is 0.273. The molecule has 0 radical (unpaired) electrons. The molecule has 0 bridgehead atoms. The van der Waals surface area contributed by atoms with Crippen molar-refractivity contribution in [1.82, 2.24) is 15.2 Å². The molecule has 30 heavy (non-hydrogen) atoms. The summed E-state index contributed by atoms with van der Waals surface area (Å²) in [6.07, 6.45) is 4.49. The van der Waals surface area contributed by atoms with Crippen LogP contribution in [0.4, 0.5) is 5.13 Å². The van der Waals surface area contributed by atoms with Gasteiger partial charge in [-0.15, -0.1) is 11.3 Å². The van der Waals surface area contributed by atoms with Gasteiger partial charge < -0.3 is 15.5 Å². The van der Waals surface area contributed by atoms with Gasteiger partial charge in [-0.25, -0.2) is 4.98 Å². The van der Waals surface area contributed by atoms with E-state index in [2.05, 4.69) is 21.7 Å². The number of nitrogens with zero attached hydrogens (tertiary/aromatic N) is 3. The number of hydrogen-bond acceptors (Lipinski definition) is 6. The summed E-state index contributed by atoms with van der Waals surface area (Å²) in [4.78, 5) is 30.8. The van der Waals surface area contributed by atoms with Crippen molar-refractivity contribution in [2.75, 3.05) is 18.9 Å². The van der Waals surface area contributed by atoms with Gasteiger partial charge in [0.2, 0.25) is 5.91 Å². The molecule has 2 rings (SSSR count). The fourth-order valence-electron chi connectivity index (χ4n) is 2.61. The number of rotatable bonds is 8. The Balaban J connectivity index is 1.94. The van der Waals surface area contributed by atoms with Gasteiger partial charge in [0.1, 0.15) is 5.70 Å². The molecule has 0 aliphatic heterocycles. The Hall–Kier alpha value is -3.44. The zero-order valence-corrected chi connectivity index (χ0v) is 18.3. The third kappa shape index (κ3) is 6.29. The lowest BCUT2D eigenvalue weighted by Gasteiger charge is -2.18. The highest BCUT2D eigenvalue weighted by atomic mass is 32.1. The number of amides is 2. The number of carbonyl (C=O) groups excluding carboxylic acids is 2. The molecule has 0 unspecified atom stereocenters. The first kappa shape index (κ1) is 22.8. The number of benzene rings is 1. The molecule has 8 heteroatoms. The summed E-state index contributed by atoms with van der Waals surface area (Å²) in [5, 5.41) is 16.6. The van der Waals surface area contributed by atoms with Crippen molar-refractivity contribution < 1.29 is 9.59 Å². The molecule has 0 spiro atoms. The van der Waals surface area contributed by atoms with Crippen LogP contribution in [0.1, 0.15) is 32.8 Å². The summed E-state index contributed by atoms with van der Waals surface area (Å²) in [6, 6.07) is 9.19. The van der Waals surface area contributed by atoms with Crippen LogP contribution in [0.5, 0.6) is 0 Å². The zero-order chi connectivity index (χ0) is 22.1. The first-order chi connectivity index (χ1) is 14.4. The van der Waals surface area contributed by atoms with E-state index >= 15 is 0 Å². The van der Waals surface area contributed by atoms with Crippen molar-refractivity contribution in [3.05, 3.63) is 58.8 Å². The lowest BCUT2D eigenvalue weighted by molar-refractivity contribution is -0.122. The summed E-state index contributed by atoms with van der Waals surface area (Å²) >= 11 is 1.28. The number of likely N-dealkylation sites (N-methyl/N-ethyl adjacent to an activating group) is 1. The van der Waals surface area contributed by atoms with E-state index in [4.69, 9.17) is 5.26 Å². The van der Waals surface area contributed by atoms with E-state index in [9.17, 15) is 9.59 Å². The van der Waals surface area contributed by atoms with Crippen LogP contribution in [-0.4, -0.2) is 35.3 Å². The first-order valence-electron chi connectivity index (χ1n) is 9.48. The standard InChI is InChI=1S/C22H25N5O2S/c1-5-15(3)13-27(4)19(6-2)21(29)24-12-20(28)26-22-25-18(14-30-22)17-9-7-8-16(10-17)11-23/h6-10,13-14H,5,12H2,1-4H3,(H,24,29)(H,25,26,28)/b15-13-,19-6-. The monoisotopic (exact) mass is 423 g/mol. The van der Waals surface area contributed by atoms with Crippen LogP contribution >= 0.6 is 11.3 Å². The van der Waals surface area contributed by atoms with E-state index in [-0.39, 0.29) is 18.4 Å². The van der Waals surface area contributed by atoms with Crippen LogP contribution in [0.15, 0.2) is 53.2 Å². The average Bonchev–Trinajstić information content (AvgIpc) is 3.21. The van der Waals surface area contributed by atoms with Crippen LogP contribution in [-0.2, 0) is 9.59 Å². The predicted octanol–water partition coefficient (Wildman–Crippen LogP) is 3.89. The van der Waals surface area contributed by atoms with E-state index in [0.717, 1.165) is 17.6 Å². The van der Waals surface area contributed by atoms with Gasteiger partial charge >= 0.3 is 0 Å². The molecule has 0 saturated carbocycles. The van der Waals surface area contributed by atoms with E-state index in [1.165, 1.54) is 11.3 Å². The molecule has 2 aromatic rings. The molecule has 1 aromatic carbocycles. The third-order valence-corrected chi connectivity index (χ3v) is 5.06. The number of nitrogens with one attached hydrogen (secondary N) is 2. The summed E-state index contributed by atoms with van der Waals surface area (Å²) in [5.74, 6) is -0.697. The Kier molecular flexibility index (Phi) is 8.32. The zero-order valence-electron chi connectivity index (χ0n) is 17.5. The SMILES string of the molecule is C/C=C(/C(=O)NCC(=O)Nc1nc(-c2cccc(C#N)c2)cs1)N(C)/C=C(/C)CC. The molecule has 156 valence electrons. The normalized spacial score (nSPS) is 11.6. The largest absolute Gasteiger partial charge is 0.347 e. The Morgan fingerprint density at radius 1 is 1.37 bits per heavy atom. The van der Waals surface area contributed by atoms with Gasteiger partial charge in [-0.2, -0.15) is 5.26 Å². The number of hydrogen-bond donors (Lipinski definition) is 2. The number of aromatic nitrogens is 1. The molecular formula is C22H25N5O2S. The molecule has 0 saturated heterocycles. The molecule has 0 fully saturated rings. The lowest BCUT2D eigenvalue weighted by Crippen LogP contribution is -2.36. The molecule has 2 N–H and O–H groups in total. The Bertz CT molecular complexity index is 1020. The molecule has 1 aromatic heterocycles. The fourth-order valence-corrected chi connectivity index (χ4v) is 3.35. The first-order valence-corrected chi connectivity index (χ1v) is 10.4. The molecule has 1 heterocycles. The van der Waals surface area contributed by atoms with Gasteiger partial charge in [0.05, 0.1) is 23.9 Å².